The normalized spacial score (nSPS) is 12.1. The van der Waals surface area contributed by atoms with E-state index < -0.39 is 5.97 Å². The summed E-state index contributed by atoms with van der Waals surface area (Å²) in [6.07, 6.45) is 3.48. The Bertz CT molecular complexity index is 1010. The molecule has 1 aromatic carbocycles. The van der Waals surface area contributed by atoms with Gasteiger partial charge in [-0.2, -0.15) is 0 Å². The number of halogens is 1. The van der Waals surface area contributed by atoms with Crippen LogP contribution in [0, 0.1) is 0 Å². The molecule has 8 nitrogen and oxygen atoms in total. The van der Waals surface area contributed by atoms with E-state index in [0.717, 1.165) is 36.4 Å². The van der Waals surface area contributed by atoms with E-state index in [9.17, 15) is 9.59 Å². The number of hydrogen-bond donors (Lipinski definition) is 0. The number of hydrogen-bond acceptors (Lipinski definition) is 8. The third-order valence-corrected chi connectivity index (χ3v) is 6.55. The number of fused-ring (bicyclic) bond motifs is 1. The maximum atomic E-state index is 13.0. The van der Waals surface area contributed by atoms with E-state index in [1.54, 1.807) is 19.9 Å². The monoisotopic (exact) mass is 510 g/mol. The van der Waals surface area contributed by atoms with Crippen molar-refractivity contribution in [2.45, 2.75) is 64.4 Å². The number of thioether (sulfide) groups is 1. The van der Waals surface area contributed by atoms with Gasteiger partial charge in [0.05, 0.1) is 19.8 Å². The molecule has 0 bridgehead atoms. The van der Waals surface area contributed by atoms with Crippen LogP contribution in [0.5, 0.6) is 11.5 Å². The average Bonchev–Trinajstić information content (AvgIpc) is 3.38. The molecule has 0 saturated heterocycles. The molecule has 186 valence electrons. The lowest BCUT2D eigenvalue weighted by Gasteiger charge is -2.13. The number of imidazole rings is 1. The Kier molecular flexibility index (Phi) is 9.95. The van der Waals surface area contributed by atoms with Gasteiger partial charge >= 0.3 is 11.9 Å². The van der Waals surface area contributed by atoms with Gasteiger partial charge in [-0.1, -0.05) is 18.5 Å². The molecule has 34 heavy (non-hydrogen) atoms. The van der Waals surface area contributed by atoms with Crippen molar-refractivity contribution >= 4 is 35.3 Å². The largest absolute Gasteiger partial charge is 0.466 e. The Hall–Kier alpha value is -2.39. The standard InChI is InChI=1S/C24H31ClN2O6S/c1-4-9-20-26-23(34-11-8-7-10-21(28)30-5-2)22(24(29)31-6-3)27(20)14-16-12-18-19(13-17(16)25)33-15-32-18/h12-13H,4-11,14-15H2,1-3H3. The van der Waals surface area contributed by atoms with E-state index >= 15 is 0 Å². The number of aryl methyl sites for hydroxylation is 1. The molecule has 0 fully saturated rings. The van der Waals surface area contributed by atoms with Crippen LogP contribution in [0.1, 0.15) is 68.3 Å². The van der Waals surface area contributed by atoms with Crippen LogP contribution in [0.25, 0.3) is 0 Å². The summed E-state index contributed by atoms with van der Waals surface area (Å²) >= 11 is 8.02. The van der Waals surface area contributed by atoms with Crippen LogP contribution in [-0.2, 0) is 27.2 Å². The molecule has 0 aliphatic carbocycles. The van der Waals surface area contributed by atoms with Crippen molar-refractivity contribution in [3.63, 3.8) is 0 Å². The van der Waals surface area contributed by atoms with Gasteiger partial charge in [-0.3, -0.25) is 4.79 Å². The van der Waals surface area contributed by atoms with E-state index in [1.165, 1.54) is 11.8 Å². The summed E-state index contributed by atoms with van der Waals surface area (Å²) in [4.78, 5) is 29.3. The summed E-state index contributed by atoms with van der Waals surface area (Å²) in [5.41, 5.74) is 1.23. The Morgan fingerprint density at radius 3 is 2.56 bits per heavy atom. The fourth-order valence-corrected chi connectivity index (χ4v) is 4.84. The van der Waals surface area contributed by atoms with Crippen LogP contribution in [0.4, 0.5) is 0 Å². The minimum absolute atomic E-state index is 0.159. The quantitative estimate of drug-likeness (QED) is 0.204. The second-order valence-corrected chi connectivity index (χ2v) is 9.14. The van der Waals surface area contributed by atoms with E-state index in [-0.39, 0.29) is 19.4 Å². The molecule has 1 aliphatic rings. The third-order valence-electron chi connectivity index (χ3n) is 5.15. The fraction of sp³-hybridized carbons (Fsp3) is 0.542. The lowest BCUT2D eigenvalue weighted by atomic mass is 10.2. The maximum absolute atomic E-state index is 13.0. The highest BCUT2D eigenvalue weighted by atomic mass is 35.5. The number of unbranched alkanes of at least 4 members (excludes halogenated alkanes) is 1. The molecule has 10 heteroatoms. The molecule has 0 unspecified atom stereocenters. The number of benzene rings is 1. The van der Waals surface area contributed by atoms with E-state index in [2.05, 4.69) is 6.92 Å². The first-order valence-electron chi connectivity index (χ1n) is 11.6. The summed E-state index contributed by atoms with van der Waals surface area (Å²) in [5.74, 6) is 2.16. The van der Waals surface area contributed by atoms with Crippen molar-refractivity contribution in [3.05, 3.63) is 34.2 Å². The summed E-state index contributed by atoms with van der Waals surface area (Å²) in [5, 5.41) is 1.17. The van der Waals surface area contributed by atoms with Crippen LogP contribution in [0.2, 0.25) is 5.02 Å². The summed E-state index contributed by atoms with van der Waals surface area (Å²) < 4.78 is 23.2. The van der Waals surface area contributed by atoms with Crippen molar-refractivity contribution in [2.24, 2.45) is 0 Å². The van der Waals surface area contributed by atoms with Gasteiger partial charge in [0.1, 0.15) is 10.9 Å². The summed E-state index contributed by atoms with van der Waals surface area (Å²) in [7, 11) is 0. The minimum Gasteiger partial charge on any atom is -0.466 e. The Balaban J connectivity index is 1.83. The van der Waals surface area contributed by atoms with Gasteiger partial charge in [-0.15, -0.1) is 11.8 Å². The molecule has 0 saturated carbocycles. The second kappa shape index (κ2) is 12.9. The number of carbonyl (C=O) groups is 2. The van der Waals surface area contributed by atoms with Gasteiger partial charge < -0.3 is 23.5 Å². The molecule has 0 radical (unpaired) electrons. The summed E-state index contributed by atoms with van der Waals surface area (Å²) in [6.45, 7) is 6.82. The molecule has 2 heterocycles. The topological polar surface area (TPSA) is 88.9 Å². The highest BCUT2D eigenvalue weighted by Crippen LogP contribution is 2.38. The number of esters is 2. The molecule has 0 N–H and O–H groups in total. The van der Waals surface area contributed by atoms with Crippen LogP contribution in [0.3, 0.4) is 0 Å². The zero-order valence-corrected chi connectivity index (χ0v) is 21.4. The smallest absolute Gasteiger partial charge is 0.357 e. The molecule has 0 spiro atoms. The van der Waals surface area contributed by atoms with Gasteiger partial charge in [-0.25, -0.2) is 9.78 Å². The van der Waals surface area contributed by atoms with Crippen molar-refractivity contribution in [2.75, 3.05) is 25.8 Å². The molecule has 2 aromatic rings. The van der Waals surface area contributed by atoms with Crippen LogP contribution in [-0.4, -0.2) is 47.2 Å². The van der Waals surface area contributed by atoms with Gasteiger partial charge in [0.2, 0.25) is 6.79 Å². The number of ether oxygens (including phenoxy) is 4. The highest BCUT2D eigenvalue weighted by molar-refractivity contribution is 7.99. The Labute approximate surface area is 209 Å². The van der Waals surface area contributed by atoms with Gasteiger partial charge in [0, 0.05) is 23.9 Å². The van der Waals surface area contributed by atoms with Gasteiger partial charge in [0.25, 0.3) is 0 Å². The number of nitrogens with zero attached hydrogens (tertiary/aromatic N) is 2. The van der Waals surface area contributed by atoms with Gasteiger partial charge in [-0.05, 0) is 50.5 Å². The minimum atomic E-state index is -0.414. The number of rotatable bonds is 13. The lowest BCUT2D eigenvalue weighted by Crippen LogP contribution is -2.16. The van der Waals surface area contributed by atoms with E-state index in [4.69, 9.17) is 35.5 Å². The third kappa shape index (κ3) is 6.60. The predicted octanol–water partition coefficient (Wildman–Crippen LogP) is 5.27. The van der Waals surface area contributed by atoms with Crippen LogP contribution < -0.4 is 9.47 Å². The highest BCUT2D eigenvalue weighted by Gasteiger charge is 2.26. The molecule has 1 aliphatic heterocycles. The Morgan fingerprint density at radius 1 is 1.12 bits per heavy atom. The first-order chi connectivity index (χ1) is 16.5. The van der Waals surface area contributed by atoms with Crippen LogP contribution >= 0.6 is 23.4 Å². The molecular weight excluding hydrogens is 480 g/mol. The number of aromatic nitrogens is 2. The van der Waals surface area contributed by atoms with Crippen molar-refractivity contribution in [1.29, 1.82) is 0 Å². The zero-order chi connectivity index (χ0) is 24.5. The van der Waals surface area contributed by atoms with Crippen molar-refractivity contribution in [3.8, 4) is 11.5 Å². The van der Waals surface area contributed by atoms with Crippen molar-refractivity contribution < 1.29 is 28.5 Å². The van der Waals surface area contributed by atoms with Gasteiger partial charge in [0.15, 0.2) is 17.2 Å². The first kappa shape index (κ1) is 26.2. The number of carbonyl (C=O) groups excluding carboxylic acids is 2. The average molecular weight is 511 g/mol. The van der Waals surface area contributed by atoms with E-state index in [1.807, 2.05) is 10.6 Å². The lowest BCUT2D eigenvalue weighted by molar-refractivity contribution is -0.143. The maximum Gasteiger partial charge on any atom is 0.357 e. The molecule has 1 aromatic heterocycles. The SMILES string of the molecule is CCCc1nc(SCCCCC(=O)OCC)c(C(=O)OCC)n1Cc1cc2c(cc1Cl)OCO2. The zero-order valence-electron chi connectivity index (χ0n) is 19.9. The molecule has 0 amide bonds. The van der Waals surface area contributed by atoms with E-state index in [0.29, 0.717) is 53.2 Å². The molecular formula is C24H31ClN2O6S. The molecule has 3 rings (SSSR count). The van der Waals surface area contributed by atoms with Crippen molar-refractivity contribution in [1.82, 2.24) is 9.55 Å². The second-order valence-electron chi connectivity index (χ2n) is 7.65. The predicted molar refractivity (Wildman–Crippen MR) is 130 cm³/mol. The fourth-order valence-electron chi connectivity index (χ4n) is 3.58. The summed E-state index contributed by atoms with van der Waals surface area (Å²) in [6, 6.07) is 3.58. The van der Waals surface area contributed by atoms with Crippen LogP contribution in [0.15, 0.2) is 17.2 Å². The first-order valence-corrected chi connectivity index (χ1v) is 13.0. The Morgan fingerprint density at radius 2 is 1.85 bits per heavy atom. The molecule has 0 atom stereocenters.